The third-order valence-electron chi connectivity index (χ3n) is 2.39. The Morgan fingerprint density at radius 1 is 1.40 bits per heavy atom. The summed E-state index contributed by atoms with van der Waals surface area (Å²) in [7, 11) is 0. The first-order valence-electron chi connectivity index (χ1n) is 5.81. The molecule has 106 valence electrons. The molecule has 0 unspecified atom stereocenters. The highest BCUT2D eigenvalue weighted by atomic mass is 35.5. The molecule has 0 aliphatic rings. The van der Waals surface area contributed by atoms with E-state index in [0.29, 0.717) is 21.6 Å². The largest absolute Gasteiger partial charge is 0.482 e. The van der Waals surface area contributed by atoms with Gasteiger partial charge in [0.15, 0.2) is 12.4 Å². The lowest BCUT2D eigenvalue weighted by molar-refractivity contribution is -0.123. The van der Waals surface area contributed by atoms with Crippen molar-refractivity contribution in [1.29, 1.82) is 0 Å². The van der Waals surface area contributed by atoms with Crippen LogP contribution in [0.3, 0.4) is 0 Å². The molecule has 7 heteroatoms. The van der Waals surface area contributed by atoms with E-state index in [4.69, 9.17) is 32.5 Å². The maximum Gasteiger partial charge on any atom is 0.258 e. The monoisotopic (exact) mass is 314 g/mol. The number of carbonyl (C=O) groups excluding carboxylic acids is 1. The molecule has 0 fully saturated rings. The number of hydrogen-bond acceptors (Lipinski definition) is 4. The van der Waals surface area contributed by atoms with Crippen LogP contribution in [0.25, 0.3) is 0 Å². The molecular weight excluding hydrogens is 303 g/mol. The Kier molecular flexibility index (Phi) is 4.87. The van der Waals surface area contributed by atoms with Crippen molar-refractivity contribution in [2.75, 3.05) is 6.61 Å². The van der Waals surface area contributed by atoms with Gasteiger partial charge < -0.3 is 14.6 Å². The van der Waals surface area contributed by atoms with Crippen LogP contribution in [0.1, 0.15) is 11.5 Å². The molecule has 0 radical (unpaired) electrons. The molecule has 20 heavy (non-hydrogen) atoms. The Balaban J connectivity index is 1.80. The number of aromatic nitrogens is 1. The van der Waals surface area contributed by atoms with Crippen molar-refractivity contribution in [3.8, 4) is 5.75 Å². The van der Waals surface area contributed by atoms with Gasteiger partial charge in [-0.05, 0) is 25.1 Å². The summed E-state index contributed by atoms with van der Waals surface area (Å²) in [5, 5.41) is 7.23. The van der Waals surface area contributed by atoms with Crippen LogP contribution in [-0.2, 0) is 11.3 Å². The Bertz CT molecular complexity index is 613. The molecule has 2 aromatic rings. The van der Waals surface area contributed by atoms with Crippen LogP contribution in [0, 0.1) is 6.92 Å². The second-order valence-electron chi connectivity index (χ2n) is 4.07. The topological polar surface area (TPSA) is 64.4 Å². The molecule has 0 saturated carbocycles. The highest BCUT2D eigenvalue weighted by molar-refractivity contribution is 6.35. The van der Waals surface area contributed by atoms with Crippen molar-refractivity contribution < 1.29 is 14.1 Å². The average Bonchev–Trinajstić information content (AvgIpc) is 2.81. The maximum atomic E-state index is 11.6. The summed E-state index contributed by atoms with van der Waals surface area (Å²) in [5.41, 5.74) is 0.762. The van der Waals surface area contributed by atoms with Crippen LogP contribution in [0.15, 0.2) is 28.8 Å². The average molecular weight is 315 g/mol. The molecule has 1 N–H and O–H groups in total. The minimum Gasteiger partial charge on any atom is -0.482 e. The molecule has 1 amide bonds. The number of rotatable bonds is 5. The highest BCUT2D eigenvalue weighted by Crippen LogP contribution is 2.27. The fourth-order valence-electron chi connectivity index (χ4n) is 1.47. The maximum absolute atomic E-state index is 11.6. The number of aryl methyl sites for hydroxylation is 1. The number of benzene rings is 1. The lowest BCUT2D eigenvalue weighted by atomic mass is 10.3. The van der Waals surface area contributed by atoms with Crippen molar-refractivity contribution in [1.82, 2.24) is 10.5 Å². The minimum atomic E-state index is -0.287. The van der Waals surface area contributed by atoms with Crippen LogP contribution in [-0.4, -0.2) is 17.7 Å². The summed E-state index contributed by atoms with van der Waals surface area (Å²) in [6.07, 6.45) is 0. The minimum absolute atomic E-state index is 0.144. The zero-order valence-corrected chi connectivity index (χ0v) is 12.2. The summed E-state index contributed by atoms with van der Waals surface area (Å²) >= 11 is 11.7. The molecule has 0 spiro atoms. The highest BCUT2D eigenvalue weighted by Gasteiger charge is 2.08. The molecule has 5 nitrogen and oxygen atoms in total. The Morgan fingerprint density at radius 3 is 2.85 bits per heavy atom. The second kappa shape index (κ2) is 6.63. The van der Waals surface area contributed by atoms with E-state index in [1.54, 1.807) is 31.2 Å². The first-order valence-corrected chi connectivity index (χ1v) is 6.57. The first kappa shape index (κ1) is 14.7. The molecular formula is C13H12Cl2N2O3. The summed E-state index contributed by atoms with van der Waals surface area (Å²) in [5.74, 6) is 0.701. The Morgan fingerprint density at radius 2 is 2.20 bits per heavy atom. The summed E-state index contributed by atoms with van der Waals surface area (Å²) < 4.78 is 10.3. The van der Waals surface area contributed by atoms with Gasteiger partial charge >= 0.3 is 0 Å². The normalized spacial score (nSPS) is 10.3. The van der Waals surface area contributed by atoms with Gasteiger partial charge in [-0.2, -0.15) is 0 Å². The van der Waals surface area contributed by atoms with E-state index in [0.717, 1.165) is 5.69 Å². The number of ether oxygens (including phenoxy) is 1. The number of nitrogens with zero attached hydrogens (tertiary/aromatic N) is 1. The van der Waals surface area contributed by atoms with Gasteiger partial charge in [-0.3, -0.25) is 4.79 Å². The van der Waals surface area contributed by atoms with Crippen molar-refractivity contribution in [3.05, 3.63) is 45.8 Å². The van der Waals surface area contributed by atoms with Crippen LogP contribution < -0.4 is 10.1 Å². The van der Waals surface area contributed by atoms with E-state index in [9.17, 15) is 4.79 Å². The smallest absolute Gasteiger partial charge is 0.258 e. The lowest BCUT2D eigenvalue weighted by Crippen LogP contribution is -2.28. The van der Waals surface area contributed by atoms with Gasteiger partial charge in [-0.15, -0.1) is 0 Å². The van der Waals surface area contributed by atoms with Crippen molar-refractivity contribution in [3.63, 3.8) is 0 Å². The molecule has 1 heterocycles. The van der Waals surface area contributed by atoms with Gasteiger partial charge in [0.2, 0.25) is 0 Å². The Hall–Kier alpha value is -1.72. The quantitative estimate of drug-likeness (QED) is 0.921. The van der Waals surface area contributed by atoms with E-state index in [1.807, 2.05) is 0 Å². The summed E-state index contributed by atoms with van der Waals surface area (Å²) in [6, 6.07) is 6.54. The van der Waals surface area contributed by atoms with E-state index >= 15 is 0 Å². The third-order valence-corrected chi connectivity index (χ3v) is 2.92. The lowest BCUT2D eigenvalue weighted by Gasteiger charge is -2.08. The predicted octanol–water partition coefficient (Wildman–Crippen LogP) is 2.99. The first-order chi connectivity index (χ1) is 9.54. The number of amides is 1. The fourth-order valence-corrected chi connectivity index (χ4v) is 1.93. The van der Waals surface area contributed by atoms with Crippen LogP contribution in [0.5, 0.6) is 5.75 Å². The molecule has 0 saturated heterocycles. The van der Waals surface area contributed by atoms with Crippen molar-refractivity contribution in [2.45, 2.75) is 13.5 Å². The Labute approximate surface area is 125 Å². The van der Waals surface area contributed by atoms with E-state index in [-0.39, 0.29) is 19.1 Å². The predicted molar refractivity (Wildman–Crippen MR) is 75.0 cm³/mol. The van der Waals surface area contributed by atoms with Crippen LogP contribution in [0.2, 0.25) is 10.0 Å². The fraction of sp³-hybridized carbons (Fsp3) is 0.231. The van der Waals surface area contributed by atoms with Gasteiger partial charge in [-0.1, -0.05) is 28.4 Å². The number of hydrogen-bond donors (Lipinski definition) is 1. The van der Waals surface area contributed by atoms with Gasteiger partial charge in [0, 0.05) is 11.1 Å². The molecule has 0 atom stereocenters. The van der Waals surface area contributed by atoms with Gasteiger partial charge in [0.1, 0.15) is 5.75 Å². The zero-order valence-electron chi connectivity index (χ0n) is 10.7. The van der Waals surface area contributed by atoms with Crippen LogP contribution in [0.4, 0.5) is 0 Å². The van der Waals surface area contributed by atoms with Crippen molar-refractivity contribution in [2.24, 2.45) is 0 Å². The molecule has 0 bridgehead atoms. The number of nitrogens with one attached hydrogen (secondary N) is 1. The summed E-state index contributed by atoms with van der Waals surface area (Å²) in [6.45, 7) is 1.92. The SMILES string of the molecule is Cc1cc(CNC(=O)COc2ccc(Cl)cc2Cl)on1. The zero-order chi connectivity index (χ0) is 14.5. The van der Waals surface area contributed by atoms with E-state index < -0.39 is 0 Å². The van der Waals surface area contributed by atoms with Crippen LogP contribution >= 0.6 is 23.2 Å². The van der Waals surface area contributed by atoms with Gasteiger partial charge in [-0.25, -0.2) is 0 Å². The van der Waals surface area contributed by atoms with Gasteiger partial charge in [0.05, 0.1) is 17.3 Å². The van der Waals surface area contributed by atoms with Gasteiger partial charge in [0.25, 0.3) is 5.91 Å². The number of halogens is 2. The summed E-state index contributed by atoms with van der Waals surface area (Å²) in [4.78, 5) is 11.6. The molecule has 0 aliphatic carbocycles. The van der Waals surface area contributed by atoms with E-state index in [1.165, 1.54) is 0 Å². The van der Waals surface area contributed by atoms with E-state index in [2.05, 4.69) is 10.5 Å². The standard InChI is InChI=1S/C13H12Cl2N2O3/c1-8-4-10(20-17-8)6-16-13(18)7-19-12-3-2-9(14)5-11(12)15/h2-5H,6-7H2,1H3,(H,16,18). The molecule has 1 aromatic heterocycles. The number of carbonyl (C=O) groups is 1. The van der Waals surface area contributed by atoms with Crippen molar-refractivity contribution >= 4 is 29.1 Å². The molecule has 0 aliphatic heterocycles. The molecule has 2 rings (SSSR count). The third kappa shape index (κ3) is 4.15. The molecule has 1 aromatic carbocycles. The second-order valence-corrected chi connectivity index (χ2v) is 4.92.